The summed E-state index contributed by atoms with van der Waals surface area (Å²) < 4.78 is 5.60. The minimum Gasteiger partial charge on any atom is -0.465 e. The number of aryl methyl sites for hydroxylation is 1. The second-order valence-corrected chi connectivity index (χ2v) is 5.49. The van der Waals surface area contributed by atoms with E-state index in [1.807, 2.05) is 13.0 Å². The number of hydrogen-bond acceptors (Lipinski definition) is 3. The first-order chi connectivity index (χ1) is 8.13. The van der Waals surface area contributed by atoms with Gasteiger partial charge in [-0.15, -0.1) is 0 Å². The molecule has 2 rings (SSSR count). The van der Waals surface area contributed by atoms with Gasteiger partial charge in [0.25, 0.3) is 0 Å². The van der Waals surface area contributed by atoms with E-state index in [0.717, 1.165) is 30.5 Å². The molecule has 0 bridgehead atoms. The van der Waals surface area contributed by atoms with Crippen molar-refractivity contribution in [2.24, 2.45) is 5.92 Å². The molecule has 17 heavy (non-hydrogen) atoms. The van der Waals surface area contributed by atoms with Gasteiger partial charge in [0.1, 0.15) is 11.5 Å². The predicted octanol–water partition coefficient (Wildman–Crippen LogP) is 2.41. The van der Waals surface area contributed by atoms with Gasteiger partial charge >= 0.3 is 0 Å². The third kappa shape index (κ3) is 3.86. The predicted molar refractivity (Wildman–Crippen MR) is 70.0 cm³/mol. The lowest BCUT2D eigenvalue weighted by Crippen LogP contribution is -2.44. The Morgan fingerprint density at radius 3 is 2.94 bits per heavy atom. The summed E-state index contributed by atoms with van der Waals surface area (Å²) in [6, 6.07) is 4.74. The van der Waals surface area contributed by atoms with Crippen molar-refractivity contribution in [1.29, 1.82) is 0 Å². The fourth-order valence-electron chi connectivity index (χ4n) is 2.64. The molecule has 3 nitrogen and oxygen atoms in total. The highest BCUT2D eigenvalue weighted by molar-refractivity contribution is 5.05. The van der Waals surface area contributed by atoms with E-state index in [0.29, 0.717) is 6.04 Å². The molecule has 0 spiro atoms. The summed E-state index contributed by atoms with van der Waals surface area (Å²) in [5.74, 6) is 2.92. The molecular formula is C14H24N2O. The topological polar surface area (TPSA) is 28.4 Å². The second-order valence-electron chi connectivity index (χ2n) is 5.49. The Morgan fingerprint density at radius 1 is 1.47 bits per heavy atom. The molecule has 1 aromatic heterocycles. The summed E-state index contributed by atoms with van der Waals surface area (Å²) >= 11 is 0. The quantitative estimate of drug-likeness (QED) is 0.870. The van der Waals surface area contributed by atoms with Crippen LogP contribution in [0, 0.1) is 12.8 Å². The van der Waals surface area contributed by atoms with Crippen LogP contribution in [0.25, 0.3) is 0 Å². The van der Waals surface area contributed by atoms with Crippen LogP contribution in [0.5, 0.6) is 0 Å². The Hall–Kier alpha value is -0.800. The maximum Gasteiger partial charge on any atom is 0.118 e. The first-order valence-corrected chi connectivity index (χ1v) is 6.60. The first-order valence-electron chi connectivity index (χ1n) is 6.60. The van der Waals surface area contributed by atoms with Crippen LogP contribution in [0.15, 0.2) is 16.5 Å². The fraction of sp³-hybridized carbons (Fsp3) is 0.714. The van der Waals surface area contributed by atoms with Crippen molar-refractivity contribution in [3.8, 4) is 0 Å². The summed E-state index contributed by atoms with van der Waals surface area (Å²) in [5.41, 5.74) is 0. The van der Waals surface area contributed by atoms with Crippen molar-refractivity contribution < 1.29 is 4.42 Å². The van der Waals surface area contributed by atoms with Crippen molar-refractivity contribution in [2.45, 2.75) is 39.3 Å². The van der Waals surface area contributed by atoms with E-state index in [1.54, 1.807) is 0 Å². The van der Waals surface area contributed by atoms with Gasteiger partial charge in [-0.1, -0.05) is 6.92 Å². The van der Waals surface area contributed by atoms with Crippen LogP contribution >= 0.6 is 0 Å². The molecule has 1 N–H and O–H groups in total. The molecule has 3 heteroatoms. The minimum atomic E-state index is 0.639. The van der Waals surface area contributed by atoms with Gasteiger partial charge in [0.05, 0.1) is 6.54 Å². The molecule has 0 radical (unpaired) electrons. The van der Waals surface area contributed by atoms with E-state index in [9.17, 15) is 0 Å². The maximum atomic E-state index is 5.60. The lowest BCUT2D eigenvalue weighted by atomic mass is 9.94. The fourth-order valence-corrected chi connectivity index (χ4v) is 2.64. The number of nitrogens with one attached hydrogen (secondary N) is 1. The first kappa shape index (κ1) is 12.7. The molecular weight excluding hydrogens is 212 g/mol. The Bertz CT molecular complexity index is 348. The summed E-state index contributed by atoms with van der Waals surface area (Å²) in [5, 5.41) is 3.60. The molecule has 0 aromatic carbocycles. The summed E-state index contributed by atoms with van der Waals surface area (Å²) in [6.07, 6.45) is 2.61. The molecule has 96 valence electrons. The van der Waals surface area contributed by atoms with Crippen LogP contribution < -0.4 is 5.32 Å². The molecule has 1 aromatic rings. The molecule has 2 heterocycles. The molecule has 0 amide bonds. The molecule has 0 saturated carbocycles. The summed E-state index contributed by atoms with van der Waals surface area (Å²) in [6.45, 7) is 7.52. The Kier molecular flexibility index (Phi) is 4.24. The van der Waals surface area contributed by atoms with Gasteiger partial charge in [0.2, 0.25) is 0 Å². The van der Waals surface area contributed by atoms with E-state index < -0.39 is 0 Å². The van der Waals surface area contributed by atoms with Crippen LogP contribution in [0.2, 0.25) is 0 Å². The van der Waals surface area contributed by atoms with Crippen molar-refractivity contribution in [3.63, 3.8) is 0 Å². The van der Waals surface area contributed by atoms with Crippen molar-refractivity contribution in [3.05, 3.63) is 23.7 Å². The van der Waals surface area contributed by atoms with Gasteiger partial charge in [-0.2, -0.15) is 0 Å². The van der Waals surface area contributed by atoms with Gasteiger partial charge in [-0.3, -0.25) is 4.90 Å². The molecule has 1 aliphatic heterocycles. The zero-order chi connectivity index (χ0) is 12.3. The highest BCUT2D eigenvalue weighted by Gasteiger charge is 2.19. The van der Waals surface area contributed by atoms with Gasteiger partial charge in [-0.05, 0) is 51.4 Å². The average molecular weight is 236 g/mol. The normalized spacial score (nSPS) is 25.4. The van der Waals surface area contributed by atoms with Gasteiger partial charge in [-0.25, -0.2) is 0 Å². The van der Waals surface area contributed by atoms with Crippen LogP contribution in [0.1, 0.15) is 31.3 Å². The van der Waals surface area contributed by atoms with Crippen LogP contribution in [-0.2, 0) is 6.54 Å². The Balaban J connectivity index is 1.78. The van der Waals surface area contributed by atoms with Crippen molar-refractivity contribution >= 4 is 0 Å². The number of rotatable bonds is 4. The SMILES string of the molecule is Cc1ccc(CN(C)CC2CC(C)CCN2)o1. The van der Waals surface area contributed by atoms with Crippen LogP contribution in [-0.4, -0.2) is 31.1 Å². The molecule has 1 aliphatic rings. The highest BCUT2D eigenvalue weighted by Crippen LogP contribution is 2.16. The number of hydrogen-bond donors (Lipinski definition) is 1. The number of nitrogens with zero attached hydrogens (tertiary/aromatic N) is 1. The number of piperidine rings is 1. The van der Waals surface area contributed by atoms with Gasteiger partial charge in [0.15, 0.2) is 0 Å². The second kappa shape index (κ2) is 5.69. The van der Waals surface area contributed by atoms with E-state index in [2.05, 4.69) is 30.3 Å². The molecule has 1 saturated heterocycles. The van der Waals surface area contributed by atoms with Crippen molar-refractivity contribution in [2.75, 3.05) is 20.1 Å². The third-order valence-corrected chi connectivity index (χ3v) is 3.51. The lowest BCUT2D eigenvalue weighted by Gasteiger charge is -2.31. The van der Waals surface area contributed by atoms with E-state index in [1.165, 1.54) is 19.4 Å². The molecule has 1 fully saturated rings. The van der Waals surface area contributed by atoms with Gasteiger partial charge < -0.3 is 9.73 Å². The number of likely N-dealkylation sites (N-methyl/N-ethyl adjacent to an activating group) is 1. The zero-order valence-corrected chi connectivity index (χ0v) is 11.2. The Morgan fingerprint density at radius 2 is 2.29 bits per heavy atom. The summed E-state index contributed by atoms with van der Waals surface area (Å²) in [7, 11) is 2.17. The Labute approximate surface area is 104 Å². The standard InChI is InChI=1S/C14H24N2O/c1-11-6-7-15-13(8-11)9-16(3)10-14-5-4-12(2)17-14/h4-5,11,13,15H,6-10H2,1-3H3. The number of furan rings is 1. The van der Waals surface area contributed by atoms with Crippen LogP contribution in [0.4, 0.5) is 0 Å². The molecule has 2 atom stereocenters. The largest absolute Gasteiger partial charge is 0.465 e. The van der Waals surface area contributed by atoms with Crippen LogP contribution in [0.3, 0.4) is 0 Å². The molecule has 2 unspecified atom stereocenters. The monoisotopic (exact) mass is 236 g/mol. The van der Waals surface area contributed by atoms with E-state index in [-0.39, 0.29) is 0 Å². The molecule has 0 aliphatic carbocycles. The maximum absolute atomic E-state index is 5.60. The van der Waals surface area contributed by atoms with E-state index >= 15 is 0 Å². The van der Waals surface area contributed by atoms with Gasteiger partial charge in [0, 0.05) is 12.6 Å². The average Bonchev–Trinajstić information content (AvgIpc) is 2.63. The third-order valence-electron chi connectivity index (χ3n) is 3.51. The lowest BCUT2D eigenvalue weighted by molar-refractivity contribution is 0.219. The van der Waals surface area contributed by atoms with E-state index in [4.69, 9.17) is 4.42 Å². The smallest absolute Gasteiger partial charge is 0.118 e. The summed E-state index contributed by atoms with van der Waals surface area (Å²) in [4.78, 5) is 2.34. The zero-order valence-electron chi connectivity index (χ0n) is 11.2. The van der Waals surface area contributed by atoms with Crippen molar-refractivity contribution in [1.82, 2.24) is 10.2 Å². The highest BCUT2D eigenvalue weighted by atomic mass is 16.3. The minimum absolute atomic E-state index is 0.639.